The van der Waals surface area contributed by atoms with Crippen LogP contribution < -0.4 is 10.5 Å². The Labute approximate surface area is 107 Å². The molecule has 2 nitrogen and oxygen atoms in total. The van der Waals surface area contributed by atoms with Crippen LogP contribution in [0.4, 0.5) is 10.1 Å². The van der Waals surface area contributed by atoms with E-state index in [9.17, 15) is 4.39 Å². The Morgan fingerprint density at radius 2 is 1.82 bits per heavy atom. The lowest BCUT2D eigenvalue weighted by Crippen LogP contribution is -1.97. The Morgan fingerprint density at radius 3 is 2.47 bits per heavy atom. The van der Waals surface area contributed by atoms with E-state index in [0.717, 1.165) is 10.2 Å². The first kappa shape index (κ1) is 11.9. The molecule has 2 aromatic carbocycles. The second-order valence-corrected chi connectivity index (χ2v) is 4.55. The fourth-order valence-electron chi connectivity index (χ4n) is 1.46. The lowest BCUT2D eigenvalue weighted by atomic mass is 10.2. The van der Waals surface area contributed by atoms with Crippen molar-refractivity contribution in [3.63, 3.8) is 0 Å². The Bertz CT molecular complexity index is 493. The average molecular weight is 296 g/mol. The van der Waals surface area contributed by atoms with E-state index in [4.69, 9.17) is 10.5 Å². The molecule has 2 aromatic rings. The number of rotatable bonds is 3. The zero-order valence-electron chi connectivity index (χ0n) is 8.99. The number of nitrogen functional groups attached to an aromatic ring is 1. The summed E-state index contributed by atoms with van der Waals surface area (Å²) in [7, 11) is 0. The van der Waals surface area contributed by atoms with Gasteiger partial charge in [-0.1, -0.05) is 15.9 Å². The Morgan fingerprint density at radius 1 is 1.12 bits per heavy atom. The van der Waals surface area contributed by atoms with Crippen LogP contribution in [0.25, 0.3) is 0 Å². The van der Waals surface area contributed by atoms with Gasteiger partial charge in [0.1, 0.15) is 18.2 Å². The molecule has 0 aliphatic heterocycles. The predicted molar refractivity (Wildman–Crippen MR) is 69.3 cm³/mol. The minimum atomic E-state index is -0.348. The highest BCUT2D eigenvalue weighted by molar-refractivity contribution is 9.10. The van der Waals surface area contributed by atoms with E-state index >= 15 is 0 Å². The second-order valence-electron chi connectivity index (χ2n) is 3.64. The van der Waals surface area contributed by atoms with Gasteiger partial charge in [-0.2, -0.15) is 0 Å². The Balaban J connectivity index is 2.04. The van der Waals surface area contributed by atoms with Crippen molar-refractivity contribution in [2.45, 2.75) is 6.61 Å². The molecule has 4 heteroatoms. The highest BCUT2D eigenvalue weighted by Gasteiger charge is 2.00. The summed E-state index contributed by atoms with van der Waals surface area (Å²) < 4.78 is 19.6. The average Bonchev–Trinajstić information content (AvgIpc) is 2.27. The van der Waals surface area contributed by atoms with Crippen LogP contribution in [-0.4, -0.2) is 0 Å². The summed E-state index contributed by atoms with van der Waals surface area (Å²) >= 11 is 3.34. The molecule has 0 aliphatic rings. The molecular weight excluding hydrogens is 285 g/mol. The molecule has 0 unspecified atom stereocenters. The van der Waals surface area contributed by atoms with Crippen LogP contribution in [0.1, 0.15) is 5.56 Å². The first-order valence-electron chi connectivity index (χ1n) is 5.07. The maximum absolute atomic E-state index is 13.1. The van der Waals surface area contributed by atoms with Crippen LogP contribution in [0.2, 0.25) is 0 Å². The molecule has 0 fully saturated rings. The fourth-order valence-corrected chi connectivity index (χ4v) is 1.72. The van der Waals surface area contributed by atoms with E-state index in [2.05, 4.69) is 15.9 Å². The van der Waals surface area contributed by atoms with Crippen LogP contribution in [0.3, 0.4) is 0 Å². The molecule has 0 amide bonds. The lowest BCUT2D eigenvalue weighted by Gasteiger charge is -2.07. The molecular formula is C13H11BrFNO. The van der Waals surface area contributed by atoms with Crippen molar-refractivity contribution < 1.29 is 9.13 Å². The van der Waals surface area contributed by atoms with Gasteiger partial charge in [0.05, 0.1) is 0 Å². The summed E-state index contributed by atoms with van der Waals surface area (Å²) in [5, 5.41) is 0. The van der Waals surface area contributed by atoms with Gasteiger partial charge in [0.2, 0.25) is 0 Å². The maximum Gasteiger partial charge on any atom is 0.125 e. The summed E-state index contributed by atoms with van der Waals surface area (Å²) in [5.74, 6) is 0.385. The van der Waals surface area contributed by atoms with Crippen molar-refractivity contribution in [2.24, 2.45) is 0 Å². The molecule has 88 valence electrons. The standard InChI is InChI=1S/C13H11BrFNO/c14-10-1-3-13(4-2-10)17-8-9-5-11(15)7-12(16)6-9/h1-7H,8,16H2. The summed E-state index contributed by atoms with van der Waals surface area (Å²) in [6, 6.07) is 11.8. The van der Waals surface area contributed by atoms with E-state index < -0.39 is 0 Å². The van der Waals surface area contributed by atoms with Gasteiger partial charge in [-0.05, 0) is 48.0 Å². The molecule has 0 radical (unpaired) electrons. The van der Waals surface area contributed by atoms with Gasteiger partial charge in [0.25, 0.3) is 0 Å². The van der Waals surface area contributed by atoms with Gasteiger partial charge >= 0.3 is 0 Å². The van der Waals surface area contributed by atoms with Crippen molar-refractivity contribution >= 4 is 21.6 Å². The van der Waals surface area contributed by atoms with Crippen LogP contribution in [-0.2, 0) is 6.61 Å². The molecule has 0 saturated carbocycles. The molecule has 17 heavy (non-hydrogen) atoms. The van der Waals surface area contributed by atoms with Gasteiger partial charge in [-0.15, -0.1) is 0 Å². The molecule has 0 atom stereocenters. The molecule has 2 rings (SSSR count). The van der Waals surface area contributed by atoms with Crippen LogP contribution >= 0.6 is 15.9 Å². The molecule has 0 aliphatic carbocycles. The highest BCUT2D eigenvalue weighted by Crippen LogP contribution is 2.18. The number of anilines is 1. The van der Waals surface area contributed by atoms with Gasteiger partial charge in [-0.3, -0.25) is 0 Å². The van der Waals surface area contributed by atoms with E-state index in [1.807, 2.05) is 24.3 Å². The molecule has 0 bridgehead atoms. The van der Waals surface area contributed by atoms with Gasteiger partial charge in [-0.25, -0.2) is 4.39 Å². The zero-order chi connectivity index (χ0) is 12.3. The minimum Gasteiger partial charge on any atom is -0.489 e. The van der Waals surface area contributed by atoms with E-state index in [1.54, 1.807) is 6.07 Å². The Hall–Kier alpha value is -1.55. The van der Waals surface area contributed by atoms with E-state index in [-0.39, 0.29) is 5.82 Å². The summed E-state index contributed by atoms with van der Waals surface area (Å²) in [4.78, 5) is 0. The minimum absolute atomic E-state index is 0.295. The van der Waals surface area contributed by atoms with Crippen molar-refractivity contribution in [2.75, 3.05) is 5.73 Å². The molecule has 0 spiro atoms. The van der Waals surface area contributed by atoms with Gasteiger partial charge in [0, 0.05) is 10.2 Å². The fraction of sp³-hybridized carbons (Fsp3) is 0.0769. The van der Waals surface area contributed by atoms with Crippen molar-refractivity contribution in [1.29, 1.82) is 0 Å². The van der Waals surface area contributed by atoms with Gasteiger partial charge < -0.3 is 10.5 Å². The number of halogens is 2. The SMILES string of the molecule is Nc1cc(F)cc(COc2ccc(Br)cc2)c1. The number of benzene rings is 2. The third-order valence-electron chi connectivity index (χ3n) is 2.20. The van der Waals surface area contributed by atoms with Gasteiger partial charge in [0.15, 0.2) is 0 Å². The number of hydrogen-bond donors (Lipinski definition) is 1. The lowest BCUT2D eigenvalue weighted by molar-refractivity contribution is 0.305. The summed E-state index contributed by atoms with van der Waals surface area (Å²) in [6.45, 7) is 0.295. The molecule has 0 aromatic heterocycles. The van der Waals surface area contributed by atoms with E-state index in [1.165, 1.54) is 12.1 Å². The van der Waals surface area contributed by atoms with E-state index in [0.29, 0.717) is 17.9 Å². The molecule has 0 heterocycles. The maximum atomic E-state index is 13.1. The van der Waals surface area contributed by atoms with Crippen molar-refractivity contribution in [3.05, 3.63) is 58.3 Å². The second kappa shape index (κ2) is 5.19. The summed E-state index contributed by atoms with van der Waals surface area (Å²) in [6.07, 6.45) is 0. The molecule has 0 saturated heterocycles. The zero-order valence-corrected chi connectivity index (χ0v) is 10.6. The number of ether oxygens (including phenoxy) is 1. The quantitative estimate of drug-likeness (QED) is 0.875. The highest BCUT2D eigenvalue weighted by atomic mass is 79.9. The third kappa shape index (κ3) is 3.46. The largest absolute Gasteiger partial charge is 0.489 e. The van der Waals surface area contributed by atoms with Crippen molar-refractivity contribution in [3.8, 4) is 5.75 Å². The normalized spacial score (nSPS) is 10.2. The monoisotopic (exact) mass is 295 g/mol. The topological polar surface area (TPSA) is 35.2 Å². The van der Waals surface area contributed by atoms with Crippen molar-refractivity contribution in [1.82, 2.24) is 0 Å². The smallest absolute Gasteiger partial charge is 0.125 e. The molecule has 2 N–H and O–H groups in total. The number of hydrogen-bond acceptors (Lipinski definition) is 2. The first-order chi connectivity index (χ1) is 8.13. The summed E-state index contributed by atoms with van der Waals surface area (Å²) in [5.41, 5.74) is 6.66. The van der Waals surface area contributed by atoms with Crippen LogP contribution in [0.5, 0.6) is 5.75 Å². The third-order valence-corrected chi connectivity index (χ3v) is 2.73. The predicted octanol–water partition coefficient (Wildman–Crippen LogP) is 3.75. The number of nitrogens with two attached hydrogens (primary N) is 1. The van der Waals surface area contributed by atoms with Crippen LogP contribution in [0, 0.1) is 5.82 Å². The van der Waals surface area contributed by atoms with Crippen LogP contribution in [0.15, 0.2) is 46.9 Å². The first-order valence-corrected chi connectivity index (χ1v) is 5.86. The Kier molecular flexibility index (Phi) is 3.64.